The average molecular weight is 481 g/mol. The summed E-state index contributed by atoms with van der Waals surface area (Å²) in [5, 5.41) is 48.3. The molecule has 1 saturated heterocycles. The van der Waals surface area contributed by atoms with Gasteiger partial charge in [-0.15, -0.1) is 0 Å². The maximum Gasteiger partial charge on any atom is 0.200 e. The van der Waals surface area contributed by atoms with Crippen molar-refractivity contribution in [3.63, 3.8) is 0 Å². The standard InChI is InChI=1S/C27H33FN4O3/c1-2-3-9-27(17-29,19-14-23(33)26(35)24(34)15-19)10-4-11-32-12-7-18(8-13-32)25-21-6-5-20(28)16-22(21)30-31-25/h5-6,14-16,18,33-35H,2-4,7-13H2,1H3,(H,30,31). The summed E-state index contributed by atoms with van der Waals surface area (Å²) in [6.45, 7) is 4.79. The van der Waals surface area contributed by atoms with E-state index in [1.807, 2.05) is 0 Å². The number of rotatable bonds is 9. The maximum absolute atomic E-state index is 13.5. The van der Waals surface area contributed by atoms with Crippen LogP contribution in [0.15, 0.2) is 30.3 Å². The van der Waals surface area contributed by atoms with Crippen LogP contribution in [-0.2, 0) is 5.41 Å². The zero-order chi connectivity index (χ0) is 25.0. The summed E-state index contributed by atoms with van der Waals surface area (Å²) in [7, 11) is 0. The molecule has 35 heavy (non-hydrogen) atoms. The fourth-order valence-corrected chi connectivity index (χ4v) is 5.32. The summed E-state index contributed by atoms with van der Waals surface area (Å²) in [5.74, 6) is -1.31. The Morgan fingerprint density at radius 1 is 1.11 bits per heavy atom. The minimum Gasteiger partial charge on any atom is -0.504 e. The van der Waals surface area contributed by atoms with E-state index >= 15 is 0 Å². The molecule has 3 aromatic rings. The van der Waals surface area contributed by atoms with E-state index in [1.165, 1.54) is 24.3 Å². The first-order chi connectivity index (χ1) is 16.9. The number of benzene rings is 2. The lowest BCUT2D eigenvalue weighted by molar-refractivity contribution is 0.203. The molecule has 1 aliphatic heterocycles. The molecule has 0 amide bonds. The minimum absolute atomic E-state index is 0.282. The average Bonchev–Trinajstić information content (AvgIpc) is 3.28. The van der Waals surface area contributed by atoms with E-state index in [9.17, 15) is 25.0 Å². The zero-order valence-electron chi connectivity index (χ0n) is 20.1. The maximum atomic E-state index is 13.5. The number of halogens is 1. The minimum atomic E-state index is -0.832. The van der Waals surface area contributed by atoms with Gasteiger partial charge in [-0.2, -0.15) is 10.4 Å². The lowest BCUT2D eigenvalue weighted by atomic mass is 9.74. The smallest absolute Gasteiger partial charge is 0.200 e. The largest absolute Gasteiger partial charge is 0.504 e. The molecule has 1 atom stereocenters. The number of likely N-dealkylation sites (tertiary alicyclic amines) is 1. The predicted molar refractivity (Wildman–Crippen MR) is 132 cm³/mol. The molecule has 4 rings (SSSR count). The van der Waals surface area contributed by atoms with Crippen molar-refractivity contribution in [2.75, 3.05) is 19.6 Å². The van der Waals surface area contributed by atoms with Crippen molar-refractivity contribution in [1.29, 1.82) is 5.26 Å². The first-order valence-electron chi connectivity index (χ1n) is 12.4. The predicted octanol–water partition coefficient (Wildman–Crippen LogP) is 5.43. The molecule has 1 aliphatic rings. The highest BCUT2D eigenvalue weighted by molar-refractivity contribution is 5.81. The van der Waals surface area contributed by atoms with Gasteiger partial charge in [0.15, 0.2) is 17.2 Å². The number of aromatic amines is 1. The Bertz CT molecular complexity index is 1190. The van der Waals surface area contributed by atoms with Crippen LogP contribution in [0.5, 0.6) is 17.2 Å². The fraction of sp³-hybridized carbons (Fsp3) is 0.481. The van der Waals surface area contributed by atoms with Crippen molar-refractivity contribution in [2.45, 2.75) is 63.2 Å². The summed E-state index contributed by atoms with van der Waals surface area (Å²) in [6.07, 6.45) is 5.77. The second kappa shape index (κ2) is 10.5. The molecule has 0 radical (unpaired) electrons. The monoisotopic (exact) mass is 480 g/mol. The number of phenols is 3. The highest BCUT2D eigenvalue weighted by Crippen LogP contribution is 2.43. The van der Waals surface area contributed by atoms with Crippen LogP contribution < -0.4 is 0 Å². The van der Waals surface area contributed by atoms with Crippen molar-refractivity contribution in [2.24, 2.45) is 0 Å². The number of phenolic OH excluding ortho intramolecular Hbond substituents is 3. The van der Waals surface area contributed by atoms with Crippen LogP contribution in [-0.4, -0.2) is 50.1 Å². The lowest BCUT2D eigenvalue weighted by Crippen LogP contribution is -2.35. The Balaban J connectivity index is 1.38. The van der Waals surface area contributed by atoms with Gasteiger partial charge in [0.25, 0.3) is 0 Å². The topological polar surface area (TPSA) is 116 Å². The molecule has 186 valence electrons. The van der Waals surface area contributed by atoms with Crippen LogP contribution >= 0.6 is 0 Å². The molecule has 1 aromatic heterocycles. The highest BCUT2D eigenvalue weighted by atomic mass is 19.1. The first-order valence-corrected chi connectivity index (χ1v) is 12.4. The normalized spacial score (nSPS) is 16.8. The van der Waals surface area contributed by atoms with Gasteiger partial charge in [0, 0.05) is 23.1 Å². The molecular formula is C27H33FN4O3. The molecule has 4 N–H and O–H groups in total. The van der Waals surface area contributed by atoms with Crippen LogP contribution in [0.2, 0.25) is 0 Å². The van der Waals surface area contributed by atoms with Gasteiger partial charge < -0.3 is 20.2 Å². The van der Waals surface area contributed by atoms with Gasteiger partial charge in [0.05, 0.1) is 17.0 Å². The number of aromatic nitrogens is 2. The van der Waals surface area contributed by atoms with Crippen LogP contribution in [0, 0.1) is 17.1 Å². The SMILES string of the molecule is CCCCC(C#N)(CCCN1CCC(c2[nH]nc3cc(F)ccc23)CC1)c1cc(O)c(O)c(O)c1. The van der Waals surface area contributed by atoms with E-state index in [4.69, 9.17) is 0 Å². The lowest BCUT2D eigenvalue weighted by Gasteiger charge is -2.33. The van der Waals surface area contributed by atoms with Crippen LogP contribution in [0.1, 0.15) is 69.0 Å². The molecule has 8 heteroatoms. The number of nitrogens with zero attached hydrogens (tertiary/aromatic N) is 3. The molecule has 0 saturated carbocycles. The molecule has 2 aromatic carbocycles. The Labute approximate surface area is 204 Å². The molecule has 7 nitrogen and oxygen atoms in total. The van der Waals surface area contributed by atoms with Crippen LogP contribution in [0.25, 0.3) is 10.9 Å². The van der Waals surface area contributed by atoms with Crippen molar-refractivity contribution in [1.82, 2.24) is 15.1 Å². The number of hydrogen-bond acceptors (Lipinski definition) is 6. The molecule has 0 aliphatic carbocycles. The number of piperidine rings is 1. The Hall–Kier alpha value is -3.31. The van der Waals surface area contributed by atoms with E-state index in [1.54, 1.807) is 6.07 Å². The second-order valence-electron chi connectivity index (χ2n) is 9.68. The summed E-state index contributed by atoms with van der Waals surface area (Å²) >= 11 is 0. The van der Waals surface area contributed by atoms with E-state index in [0.29, 0.717) is 29.8 Å². The summed E-state index contributed by atoms with van der Waals surface area (Å²) in [4.78, 5) is 2.41. The highest BCUT2D eigenvalue weighted by Gasteiger charge is 2.33. The first kappa shape index (κ1) is 24.8. The van der Waals surface area contributed by atoms with Crippen molar-refractivity contribution in [3.05, 3.63) is 47.4 Å². The Morgan fingerprint density at radius 2 is 1.80 bits per heavy atom. The number of nitriles is 1. The van der Waals surface area contributed by atoms with Gasteiger partial charge in [-0.25, -0.2) is 4.39 Å². The molecule has 0 bridgehead atoms. The number of H-pyrrole nitrogens is 1. The van der Waals surface area contributed by atoms with Crippen LogP contribution in [0.4, 0.5) is 4.39 Å². The third-order valence-corrected chi connectivity index (χ3v) is 7.41. The number of nitrogens with one attached hydrogen (secondary N) is 1. The number of unbranched alkanes of at least 4 members (excludes halogenated alkanes) is 1. The molecule has 0 spiro atoms. The molecular weight excluding hydrogens is 447 g/mol. The molecule has 2 heterocycles. The quantitative estimate of drug-likeness (QED) is 0.304. The second-order valence-corrected chi connectivity index (χ2v) is 9.68. The van der Waals surface area contributed by atoms with Gasteiger partial charge in [0.1, 0.15) is 5.82 Å². The summed E-state index contributed by atoms with van der Waals surface area (Å²) in [6, 6.07) is 10.0. The third-order valence-electron chi connectivity index (χ3n) is 7.41. The van der Waals surface area contributed by atoms with Gasteiger partial charge in [-0.3, -0.25) is 5.10 Å². The Morgan fingerprint density at radius 3 is 2.46 bits per heavy atom. The number of aromatic hydroxyl groups is 3. The summed E-state index contributed by atoms with van der Waals surface area (Å²) < 4.78 is 13.5. The van der Waals surface area contributed by atoms with Gasteiger partial charge in [0.2, 0.25) is 0 Å². The third kappa shape index (κ3) is 5.20. The van der Waals surface area contributed by atoms with Gasteiger partial charge in [-0.05, 0) is 81.6 Å². The van der Waals surface area contributed by atoms with Crippen LogP contribution in [0.3, 0.4) is 0 Å². The van der Waals surface area contributed by atoms with Crippen molar-refractivity contribution in [3.8, 4) is 23.3 Å². The summed E-state index contributed by atoms with van der Waals surface area (Å²) in [5.41, 5.74) is 1.45. The zero-order valence-corrected chi connectivity index (χ0v) is 20.1. The van der Waals surface area contributed by atoms with Gasteiger partial charge in [-0.1, -0.05) is 19.8 Å². The van der Waals surface area contributed by atoms with Gasteiger partial charge >= 0.3 is 0 Å². The number of hydrogen-bond donors (Lipinski definition) is 4. The molecule has 1 fully saturated rings. The Kier molecular flexibility index (Phi) is 7.46. The van der Waals surface area contributed by atoms with Crippen molar-refractivity contribution >= 4 is 10.9 Å². The van der Waals surface area contributed by atoms with E-state index < -0.39 is 22.7 Å². The van der Waals surface area contributed by atoms with E-state index in [0.717, 1.165) is 62.8 Å². The number of fused-ring (bicyclic) bond motifs is 1. The van der Waals surface area contributed by atoms with Crippen molar-refractivity contribution < 1.29 is 19.7 Å². The molecule has 1 unspecified atom stereocenters. The fourth-order valence-electron chi connectivity index (χ4n) is 5.32. The van der Waals surface area contributed by atoms with E-state index in [-0.39, 0.29) is 5.82 Å². The van der Waals surface area contributed by atoms with E-state index in [2.05, 4.69) is 28.1 Å².